The summed E-state index contributed by atoms with van der Waals surface area (Å²) in [4.78, 5) is 37.6. The van der Waals surface area contributed by atoms with Gasteiger partial charge in [0.2, 0.25) is 11.8 Å². The topological polar surface area (TPSA) is 109 Å². The molecule has 9 nitrogen and oxygen atoms in total. The molecule has 2 amide bonds. The summed E-state index contributed by atoms with van der Waals surface area (Å²) in [5.41, 5.74) is 1.37. The van der Waals surface area contributed by atoms with Gasteiger partial charge in [-0.25, -0.2) is 9.97 Å². The summed E-state index contributed by atoms with van der Waals surface area (Å²) >= 11 is 0. The van der Waals surface area contributed by atoms with Gasteiger partial charge in [0.15, 0.2) is 5.65 Å². The van der Waals surface area contributed by atoms with Crippen molar-refractivity contribution < 1.29 is 19.1 Å². The lowest BCUT2D eigenvalue weighted by Gasteiger charge is -2.14. The van der Waals surface area contributed by atoms with Crippen molar-refractivity contribution in [2.75, 3.05) is 33.4 Å². The van der Waals surface area contributed by atoms with Crippen LogP contribution in [-0.4, -0.2) is 71.1 Å². The first-order valence-electron chi connectivity index (χ1n) is 9.20. The number of rotatable bonds is 8. The fourth-order valence-corrected chi connectivity index (χ4v) is 3.21. The van der Waals surface area contributed by atoms with Gasteiger partial charge in [0.25, 0.3) is 5.91 Å². The predicted octanol–water partition coefficient (Wildman–Crippen LogP) is 1.14. The second-order valence-electron chi connectivity index (χ2n) is 6.89. The minimum absolute atomic E-state index is 0.0608. The molecule has 2 atom stereocenters. The lowest BCUT2D eigenvalue weighted by atomic mass is 10.1. The van der Waals surface area contributed by atoms with E-state index in [1.165, 1.54) is 12.3 Å². The molecular formula is C19H25N5O4. The highest BCUT2D eigenvalue weighted by atomic mass is 16.5. The third-order valence-corrected chi connectivity index (χ3v) is 4.64. The van der Waals surface area contributed by atoms with E-state index in [1.807, 2.05) is 6.92 Å². The maximum atomic E-state index is 12.5. The fourth-order valence-electron chi connectivity index (χ4n) is 3.21. The summed E-state index contributed by atoms with van der Waals surface area (Å²) in [6.45, 7) is 7.55. The molecule has 0 spiro atoms. The van der Waals surface area contributed by atoms with E-state index in [1.54, 1.807) is 18.2 Å². The summed E-state index contributed by atoms with van der Waals surface area (Å²) in [6.07, 6.45) is 5.30. The molecule has 1 fully saturated rings. The molecule has 0 radical (unpaired) electrons. The van der Waals surface area contributed by atoms with E-state index in [2.05, 4.69) is 26.8 Å². The first-order valence-corrected chi connectivity index (χ1v) is 9.20. The van der Waals surface area contributed by atoms with Crippen molar-refractivity contribution in [2.45, 2.75) is 19.4 Å². The van der Waals surface area contributed by atoms with Crippen LogP contribution < -0.4 is 10.1 Å². The molecule has 3 rings (SSSR count). The van der Waals surface area contributed by atoms with Crippen molar-refractivity contribution in [3.63, 3.8) is 0 Å². The first-order chi connectivity index (χ1) is 13.5. The van der Waals surface area contributed by atoms with Crippen LogP contribution in [0.1, 0.15) is 23.7 Å². The average Bonchev–Trinajstić information content (AvgIpc) is 3.32. The second-order valence-corrected chi connectivity index (χ2v) is 6.89. The van der Waals surface area contributed by atoms with Crippen molar-refractivity contribution in [1.29, 1.82) is 0 Å². The highest BCUT2D eigenvalue weighted by Gasteiger charge is 2.25. The van der Waals surface area contributed by atoms with Gasteiger partial charge in [-0.1, -0.05) is 6.58 Å². The van der Waals surface area contributed by atoms with Gasteiger partial charge in [0.05, 0.1) is 25.0 Å². The fraction of sp³-hybridized carbons (Fsp3) is 0.474. The number of nitrogens with one attached hydrogen (secondary N) is 2. The van der Waals surface area contributed by atoms with Gasteiger partial charge in [-0.15, -0.1) is 0 Å². The molecule has 0 bridgehead atoms. The monoisotopic (exact) mass is 387 g/mol. The Morgan fingerprint density at radius 2 is 2.36 bits per heavy atom. The molecule has 1 aliphatic rings. The molecule has 0 aromatic carbocycles. The zero-order chi connectivity index (χ0) is 20.1. The van der Waals surface area contributed by atoms with E-state index in [-0.39, 0.29) is 23.8 Å². The Hall–Kier alpha value is -2.94. The molecule has 0 saturated carbocycles. The van der Waals surface area contributed by atoms with Crippen LogP contribution in [0.3, 0.4) is 0 Å². The standard InChI is InChI=1S/C19H25N5O4/c1-4-16(25)24-6-5-13(9-24)11-28-15-8-21-18-17(23-15)14(7-20-18)19(26)22-12(2)10-27-3/h4,7-8,12-13H,1,5-6,9-11H2,2-3H3,(H,20,21)(H,22,26)/t12-,13?/m0/s1. The SMILES string of the molecule is C=CC(=O)N1CCC(COc2cnc3[nH]cc(C(=O)N[C@@H](C)COC)c3n2)C1. The van der Waals surface area contributed by atoms with Gasteiger partial charge in [0, 0.05) is 38.4 Å². The molecule has 28 heavy (non-hydrogen) atoms. The number of likely N-dealkylation sites (tertiary alicyclic amines) is 1. The van der Waals surface area contributed by atoms with Crippen LogP contribution in [0, 0.1) is 5.92 Å². The maximum absolute atomic E-state index is 12.5. The zero-order valence-electron chi connectivity index (χ0n) is 16.1. The van der Waals surface area contributed by atoms with Gasteiger partial charge in [-0.05, 0) is 19.4 Å². The van der Waals surface area contributed by atoms with Gasteiger partial charge >= 0.3 is 0 Å². The number of hydrogen-bond donors (Lipinski definition) is 2. The molecule has 9 heteroatoms. The Kier molecular flexibility index (Phi) is 6.25. The molecule has 0 aliphatic carbocycles. The number of carbonyl (C=O) groups is 2. The van der Waals surface area contributed by atoms with Crippen molar-refractivity contribution in [3.8, 4) is 5.88 Å². The average molecular weight is 387 g/mol. The van der Waals surface area contributed by atoms with Crippen molar-refractivity contribution in [1.82, 2.24) is 25.2 Å². The van der Waals surface area contributed by atoms with Gasteiger partial charge < -0.3 is 24.7 Å². The summed E-state index contributed by atoms with van der Waals surface area (Å²) < 4.78 is 10.8. The molecule has 1 saturated heterocycles. The number of hydrogen-bond acceptors (Lipinski definition) is 6. The third kappa shape index (κ3) is 4.48. The van der Waals surface area contributed by atoms with E-state index in [4.69, 9.17) is 9.47 Å². The van der Waals surface area contributed by atoms with Crippen molar-refractivity contribution in [3.05, 3.63) is 30.6 Å². The second kappa shape index (κ2) is 8.83. The van der Waals surface area contributed by atoms with Crippen LogP contribution in [0.2, 0.25) is 0 Å². The molecule has 3 heterocycles. The highest BCUT2D eigenvalue weighted by molar-refractivity contribution is 6.04. The molecule has 2 aromatic heterocycles. The summed E-state index contributed by atoms with van der Waals surface area (Å²) in [5, 5.41) is 2.85. The molecule has 1 aliphatic heterocycles. The van der Waals surface area contributed by atoms with Crippen LogP contribution in [0.25, 0.3) is 11.2 Å². The number of nitrogens with zero attached hydrogens (tertiary/aromatic N) is 3. The lowest BCUT2D eigenvalue weighted by molar-refractivity contribution is -0.125. The van der Waals surface area contributed by atoms with Crippen LogP contribution >= 0.6 is 0 Å². The Morgan fingerprint density at radius 1 is 1.54 bits per heavy atom. The Morgan fingerprint density at radius 3 is 3.11 bits per heavy atom. The highest BCUT2D eigenvalue weighted by Crippen LogP contribution is 2.20. The number of carbonyl (C=O) groups excluding carboxylic acids is 2. The maximum Gasteiger partial charge on any atom is 0.255 e. The largest absolute Gasteiger partial charge is 0.476 e. The minimum atomic E-state index is -0.253. The first kappa shape index (κ1) is 19.8. The van der Waals surface area contributed by atoms with Gasteiger partial charge in [-0.2, -0.15) is 0 Å². The number of methoxy groups -OCH3 is 1. The third-order valence-electron chi connectivity index (χ3n) is 4.64. The van der Waals surface area contributed by atoms with E-state index >= 15 is 0 Å². The summed E-state index contributed by atoms with van der Waals surface area (Å²) in [5.74, 6) is 0.260. The molecule has 1 unspecified atom stereocenters. The Labute approximate surface area is 163 Å². The predicted molar refractivity (Wildman–Crippen MR) is 103 cm³/mol. The number of ether oxygens (including phenoxy) is 2. The number of aromatic amines is 1. The Balaban J connectivity index is 1.64. The summed E-state index contributed by atoms with van der Waals surface area (Å²) in [6, 6.07) is -0.126. The molecule has 2 aromatic rings. The molecule has 2 N–H and O–H groups in total. The van der Waals surface area contributed by atoms with Crippen LogP contribution in [0.4, 0.5) is 0 Å². The minimum Gasteiger partial charge on any atom is -0.476 e. The van der Waals surface area contributed by atoms with Crippen LogP contribution in [-0.2, 0) is 9.53 Å². The smallest absolute Gasteiger partial charge is 0.255 e. The number of amides is 2. The molecule has 150 valence electrons. The van der Waals surface area contributed by atoms with E-state index in [9.17, 15) is 9.59 Å². The normalized spacial score (nSPS) is 17.5. The lowest BCUT2D eigenvalue weighted by Crippen LogP contribution is -2.35. The van der Waals surface area contributed by atoms with Gasteiger partial charge in [0.1, 0.15) is 5.52 Å². The molecular weight excluding hydrogens is 362 g/mol. The number of fused-ring (bicyclic) bond motifs is 1. The van der Waals surface area contributed by atoms with Crippen LogP contribution in [0.5, 0.6) is 5.88 Å². The number of H-pyrrole nitrogens is 1. The Bertz CT molecular complexity index is 865. The van der Waals surface area contributed by atoms with Crippen LogP contribution in [0.15, 0.2) is 25.0 Å². The van der Waals surface area contributed by atoms with Crippen molar-refractivity contribution >= 4 is 23.0 Å². The quantitative estimate of drug-likeness (QED) is 0.658. The number of aromatic nitrogens is 3. The van der Waals surface area contributed by atoms with Gasteiger partial charge in [-0.3, -0.25) is 9.59 Å². The zero-order valence-corrected chi connectivity index (χ0v) is 16.1. The van der Waals surface area contributed by atoms with Crippen molar-refractivity contribution in [2.24, 2.45) is 5.92 Å². The van der Waals surface area contributed by atoms with E-state index in [0.717, 1.165) is 6.42 Å². The van der Waals surface area contributed by atoms with E-state index in [0.29, 0.717) is 48.9 Å². The summed E-state index contributed by atoms with van der Waals surface area (Å²) in [7, 11) is 1.58. The van der Waals surface area contributed by atoms with E-state index < -0.39 is 0 Å².